The summed E-state index contributed by atoms with van der Waals surface area (Å²) in [5.41, 5.74) is 4.39. The van der Waals surface area contributed by atoms with Gasteiger partial charge in [-0.25, -0.2) is 0 Å². The predicted molar refractivity (Wildman–Crippen MR) is 110 cm³/mol. The van der Waals surface area contributed by atoms with Crippen LogP contribution in [0.15, 0.2) is 60.9 Å². The molecule has 0 aliphatic rings. The summed E-state index contributed by atoms with van der Waals surface area (Å²) >= 11 is 0. The van der Waals surface area contributed by atoms with Gasteiger partial charge in [0.2, 0.25) is 5.91 Å². The lowest BCUT2D eigenvalue weighted by Crippen LogP contribution is -2.27. The molecule has 0 spiro atoms. The summed E-state index contributed by atoms with van der Waals surface area (Å²) in [4.78, 5) is 14.1. The van der Waals surface area contributed by atoms with Crippen LogP contribution in [-0.2, 0) is 17.9 Å². The van der Waals surface area contributed by atoms with Crippen LogP contribution in [0.4, 0.5) is 0 Å². The number of rotatable bonds is 8. The first kappa shape index (κ1) is 19.7. The fourth-order valence-electron chi connectivity index (χ4n) is 3.17. The summed E-state index contributed by atoms with van der Waals surface area (Å²) < 4.78 is 7.74. The Balaban J connectivity index is 1.48. The van der Waals surface area contributed by atoms with Crippen molar-refractivity contribution in [2.75, 3.05) is 13.7 Å². The maximum atomic E-state index is 12.4. The van der Waals surface area contributed by atoms with Gasteiger partial charge in [0, 0.05) is 25.4 Å². The van der Waals surface area contributed by atoms with E-state index in [0.29, 0.717) is 19.6 Å². The van der Waals surface area contributed by atoms with Gasteiger partial charge >= 0.3 is 0 Å². The smallest absolute Gasteiger partial charge is 0.226 e. The minimum absolute atomic E-state index is 0.0575. The largest absolute Gasteiger partial charge is 0.493 e. The van der Waals surface area contributed by atoms with E-state index in [-0.39, 0.29) is 5.91 Å². The number of aryl methyl sites for hydroxylation is 2. The van der Waals surface area contributed by atoms with Gasteiger partial charge in [0.05, 0.1) is 25.8 Å². The molecule has 5 heteroatoms. The van der Waals surface area contributed by atoms with Crippen LogP contribution in [-0.4, -0.2) is 34.2 Å². The Hall–Kier alpha value is -3.08. The number of hydrogen-bond donors (Lipinski definition) is 0. The molecular formula is C23H27N3O2. The van der Waals surface area contributed by atoms with Gasteiger partial charge in [0.15, 0.2) is 0 Å². The molecule has 0 bridgehead atoms. The molecule has 1 amide bonds. The molecule has 0 fully saturated rings. The van der Waals surface area contributed by atoms with E-state index >= 15 is 0 Å². The van der Waals surface area contributed by atoms with Crippen LogP contribution in [0.2, 0.25) is 0 Å². The van der Waals surface area contributed by atoms with Gasteiger partial charge in [-0.05, 0) is 30.5 Å². The molecule has 3 rings (SSSR count). The third-order valence-corrected chi connectivity index (χ3v) is 4.69. The van der Waals surface area contributed by atoms with Crippen molar-refractivity contribution in [2.45, 2.75) is 33.4 Å². The first-order valence-electron chi connectivity index (χ1n) is 9.51. The molecule has 5 nitrogen and oxygen atoms in total. The molecule has 28 heavy (non-hydrogen) atoms. The minimum atomic E-state index is 0.0575. The quantitative estimate of drug-likeness (QED) is 0.597. The van der Waals surface area contributed by atoms with E-state index in [1.54, 1.807) is 4.90 Å². The second-order valence-electron chi connectivity index (χ2n) is 7.10. The highest BCUT2D eigenvalue weighted by Gasteiger charge is 2.12. The summed E-state index contributed by atoms with van der Waals surface area (Å²) in [7, 11) is 1.82. The van der Waals surface area contributed by atoms with Gasteiger partial charge in [-0.15, -0.1) is 0 Å². The summed E-state index contributed by atoms with van der Waals surface area (Å²) in [5.74, 6) is 0.933. The number of aromatic nitrogens is 2. The molecule has 146 valence electrons. The Morgan fingerprint density at radius 2 is 1.75 bits per heavy atom. The van der Waals surface area contributed by atoms with Crippen LogP contribution < -0.4 is 4.74 Å². The van der Waals surface area contributed by atoms with Gasteiger partial charge in [-0.2, -0.15) is 5.10 Å². The zero-order valence-electron chi connectivity index (χ0n) is 16.8. The molecule has 2 aromatic carbocycles. The Kier molecular flexibility index (Phi) is 6.48. The second-order valence-corrected chi connectivity index (χ2v) is 7.10. The minimum Gasteiger partial charge on any atom is -0.493 e. The zero-order valence-corrected chi connectivity index (χ0v) is 16.8. The number of nitrogens with zero attached hydrogens (tertiary/aromatic N) is 3. The van der Waals surface area contributed by atoms with Crippen molar-refractivity contribution < 1.29 is 9.53 Å². The third kappa shape index (κ3) is 5.22. The highest BCUT2D eigenvalue weighted by molar-refractivity contribution is 5.76. The van der Waals surface area contributed by atoms with Gasteiger partial charge in [-0.1, -0.05) is 48.5 Å². The van der Waals surface area contributed by atoms with Crippen molar-refractivity contribution >= 4 is 5.91 Å². The summed E-state index contributed by atoms with van der Waals surface area (Å²) in [6.07, 6.45) is 4.16. The number of carbonyl (C=O) groups excluding carboxylic acids is 1. The predicted octanol–water partition coefficient (Wildman–Crippen LogP) is 3.98. The highest BCUT2D eigenvalue weighted by atomic mass is 16.5. The topological polar surface area (TPSA) is 47.4 Å². The molecule has 0 radical (unpaired) electrons. The zero-order chi connectivity index (χ0) is 19.9. The molecule has 0 aliphatic carbocycles. The number of carbonyl (C=O) groups is 1. The standard InChI is InChI=1S/C23H27N3O2/c1-18-8-7-9-19(2)23(18)28-13-12-22(27)25(3)15-21-14-24-26(17-21)16-20-10-5-4-6-11-20/h4-11,14,17H,12-13,15-16H2,1-3H3. The summed E-state index contributed by atoms with van der Waals surface area (Å²) in [5, 5.41) is 4.40. The molecule has 0 unspecified atom stereocenters. The average molecular weight is 377 g/mol. The molecule has 0 saturated heterocycles. The average Bonchev–Trinajstić information content (AvgIpc) is 3.11. The van der Waals surface area contributed by atoms with E-state index in [1.165, 1.54) is 5.56 Å². The van der Waals surface area contributed by atoms with E-state index in [4.69, 9.17) is 4.74 Å². The van der Waals surface area contributed by atoms with Crippen LogP contribution >= 0.6 is 0 Å². The SMILES string of the molecule is Cc1cccc(C)c1OCCC(=O)N(C)Cc1cnn(Cc2ccccc2)c1. The van der Waals surface area contributed by atoms with Crippen molar-refractivity contribution in [2.24, 2.45) is 0 Å². The number of amides is 1. The molecular weight excluding hydrogens is 350 g/mol. The molecule has 0 aliphatic heterocycles. The fraction of sp³-hybridized carbons (Fsp3) is 0.304. The number of ether oxygens (including phenoxy) is 1. The fourth-order valence-corrected chi connectivity index (χ4v) is 3.17. The summed E-state index contributed by atoms with van der Waals surface area (Å²) in [6, 6.07) is 16.2. The molecule has 1 aromatic heterocycles. The molecule has 0 N–H and O–H groups in total. The van der Waals surface area contributed by atoms with E-state index in [0.717, 1.165) is 29.0 Å². The Morgan fingerprint density at radius 3 is 2.46 bits per heavy atom. The summed E-state index contributed by atoms with van der Waals surface area (Å²) in [6.45, 7) is 5.67. The van der Waals surface area contributed by atoms with Crippen LogP contribution in [0, 0.1) is 13.8 Å². The number of para-hydroxylation sites is 1. The van der Waals surface area contributed by atoms with Gasteiger partial charge in [0.25, 0.3) is 0 Å². The van der Waals surface area contributed by atoms with Crippen molar-refractivity contribution in [1.29, 1.82) is 0 Å². The van der Waals surface area contributed by atoms with Crippen molar-refractivity contribution in [3.05, 3.63) is 83.2 Å². The first-order chi connectivity index (χ1) is 13.5. The van der Waals surface area contributed by atoms with Crippen molar-refractivity contribution in [1.82, 2.24) is 14.7 Å². The van der Waals surface area contributed by atoms with Crippen LogP contribution in [0.1, 0.15) is 28.7 Å². The van der Waals surface area contributed by atoms with Crippen molar-refractivity contribution in [3.8, 4) is 5.75 Å². The molecule has 0 atom stereocenters. The number of hydrogen-bond acceptors (Lipinski definition) is 3. The van der Waals surface area contributed by atoms with E-state index in [1.807, 2.05) is 74.4 Å². The normalized spacial score (nSPS) is 10.7. The highest BCUT2D eigenvalue weighted by Crippen LogP contribution is 2.22. The lowest BCUT2D eigenvalue weighted by Gasteiger charge is -2.17. The van der Waals surface area contributed by atoms with Crippen LogP contribution in [0.5, 0.6) is 5.75 Å². The maximum Gasteiger partial charge on any atom is 0.226 e. The van der Waals surface area contributed by atoms with E-state index in [2.05, 4.69) is 17.2 Å². The van der Waals surface area contributed by atoms with Gasteiger partial charge < -0.3 is 9.64 Å². The molecule has 0 saturated carbocycles. The second kappa shape index (κ2) is 9.22. The van der Waals surface area contributed by atoms with E-state index < -0.39 is 0 Å². The Labute approximate surface area is 166 Å². The first-order valence-corrected chi connectivity index (χ1v) is 9.51. The number of benzene rings is 2. The maximum absolute atomic E-state index is 12.4. The van der Waals surface area contributed by atoms with Gasteiger partial charge in [-0.3, -0.25) is 9.48 Å². The third-order valence-electron chi connectivity index (χ3n) is 4.69. The lowest BCUT2D eigenvalue weighted by molar-refractivity contribution is -0.130. The monoisotopic (exact) mass is 377 g/mol. The Morgan fingerprint density at radius 1 is 1.04 bits per heavy atom. The van der Waals surface area contributed by atoms with E-state index in [9.17, 15) is 4.79 Å². The molecule has 3 aromatic rings. The van der Waals surface area contributed by atoms with Gasteiger partial charge in [0.1, 0.15) is 5.75 Å². The lowest BCUT2D eigenvalue weighted by atomic mass is 10.1. The molecule has 1 heterocycles. The van der Waals surface area contributed by atoms with Crippen LogP contribution in [0.25, 0.3) is 0 Å². The van der Waals surface area contributed by atoms with Crippen LogP contribution in [0.3, 0.4) is 0 Å². The Bertz CT molecular complexity index is 898. The van der Waals surface area contributed by atoms with Crippen molar-refractivity contribution in [3.63, 3.8) is 0 Å².